The molecule has 20 heavy (non-hydrogen) atoms. The molecule has 0 spiro atoms. The van der Waals surface area contributed by atoms with E-state index in [0.29, 0.717) is 11.3 Å². The summed E-state index contributed by atoms with van der Waals surface area (Å²) in [5.41, 5.74) is 0.634. The highest BCUT2D eigenvalue weighted by atomic mass is 32.1. The quantitative estimate of drug-likeness (QED) is 0.943. The lowest BCUT2D eigenvalue weighted by molar-refractivity contribution is 0.0939. The first-order valence-corrected chi connectivity index (χ1v) is 7.54. The van der Waals surface area contributed by atoms with Gasteiger partial charge in [-0.15, -0.1) is 11.3 Å². The summed E-state index contributed by atoms with van der Waals surface area (Å²) in [5.74, 6) is 1.39. The van der Waals surface area contributed by atoms with Crippen LogP contribution in [0.3, 0.4) is 0 Å². The minimum atomic E-state index is -0.0506. The molecule has 1 aliphatic heterocycles. The molecular weight excluding hydrogens is 274 g/mol. The first-order chi connectivity index (χ1) is 9.63. The molecular formula is C14H17N3O2S. The van der Waals surface area contributed by atoms with Gasteiger partial charge in [-0.25, -0.2) is 4.98 Å². The van der Waals surface area contributed by atoms with E-state index in [2.05, 4.69) is 15.2 Å². The van der Waals surface area contributed by atoms with Crippen molar-refractivity contribution in [2.45, 2.75) is 26.3 Å². The van der Waals surface area contributed by atoms with Crippen molar-refractivity contribution in [1.82, 2.24) is 10.3 Å². The molecule has 0 radical (unpaired) electrons. The number of carbonyl (C=O) groups excluding carboxylic acids is 1. The van der Waals surface area contributed by atoms with Crippen LogP contribution in [0.1, 0.15) is 28.3 Å². The van der Waals surface area contributed by atoms with Crippen LogP contribution >= 0.6 is 11.3 Å². The number of anilines is 1. The van der Waals surface area contributed by atoms with Crippen molar-refractivity contribution >= 4 is 22.4 Å². The second kappa shape index (κ2) is 5.28. The first-order valence-electron chi connectivity index (χ1n) is 6.66. The van der Waals surface area contributed by atoms with Crippen molar-refractivity contribution in [3.05, 3.63) is 34.7 Å². The average Bonchev–Trinajstić information content (AvgIpc) is 3.09. The number of hydrogen-bond acceptors (Lipinski definition) is 5. The number of aryl methyl sites for hydroxylation is 2. The van der Waals surface area contributed by atoms with Crippen molar-refractivity contribution in [3.63, 3.8) is 0 Å². The number of furan rings is 1. The molecule has 1 saturated heterocycles. The number of thiazole rings is 1. The van der Waals surface area contributed by atoms with E-state index in [1.807, 2.05) is 25.4 Å². The zero-order valence-corrected chi connectivity index (χ0v) is 12.4. The van der Waals surface area contributed by atoms with Crippen LogP contribution in [-0.2, 0) is 0 Å². The Balaban J connectivity index is 1.62. The van der Waals surface area contributed by atoms with Crippen molar-refractivity contribution < 1.29 is 9.21 Å². The lowest BCUT2D eigenvalue weighted by atomic mass is 10.2. The summed E-state index contributed by atoms with van der Waals surface area (Å²) in [6, 6.07) is 1.96. The van der Waals surface area contributed by atoms with Gasteiger partial charge in [-0.05, 0) is 26.3 Å². The predicted molar refractivity (Wildman–Crippen MR) is 78.4 cm³/mol. The second-order valence-electron chi connectivity index (χ2n) is 5.05. The number of hydrogen-bond donors (Lipinski definition) is 1. The van der Waals surface area contributed by atoms with Gasteiger partial charge in [-0.3, -0.25) is 4.79 Å². The highest BCUT2D eigenvalue weighted by Crippen LogP contribution is 2.22. The molecule has 106 valence electrons. The van der Waals surface area contributed by atoms with Gasteiger partial charge in [0.25, 0.3) is 5.91 Å². The van der Waals surface area contributed by atoms with E-state index in [0.717, 1.165) is 30.4 Å². The number of amides is 1. The van der Waals surface area contributed by atoms with E-state index in [1.165, 1.54) is 0 Å². The van der Waals surface area contributed by atoms with Crippen molar-refractivity contribution in [2.24, 2.45) is 0 Å². The van der Waals surface area contributed by atoms with E-state index in [9.17, 15) is 4.79 Å². The summed E-state index contributed by atoms with van der Waals surface area (Å²) in [5, 5.41) is 6.07. The highest BCUT2D eigenvalue weighted by Gasteiger charge is 2.26. The fourth-order valence-corrected chi connectivity index (χ4v) is 3.22. The summed E-state index contributed by atoms with van der Waals surface area (Å²) in [4.78, 5) is 18.7. The fourth-order valence-electron chi connectivity index (χ4n) is 2.54. The van der Waals surface area contributed by atoms with Crippen LogP contribution in [0.25, 0.3) is 0 Å². The molecule has 0 saturated carbocycles. The topological polar surface area (TPSA) is 58.4 Å². The maximum Gasteiger partial charge on any atom is 0.255 e. The molecule has 1 amide bonds. The largest absolute Gasteiger partial charge is 0.466 e. The number of carbonyl (C=O) groups is 1. The van der Waals surface area contributed by atoms with E-state index >= 15 is 0 Å². The zero-order valence-electron chi connectivity index (χ0n) is 11.5. The molecule has 1 N–H and O–H groups in total. The monoisotopic (exact) mass is 291 g/mol. The van der Waals surface area contributed by atoms with Crippen LogP contribution in [-0.4, -0.2) is 30.0 Å². The molecule has 0 bridgehead atoms. The normalized spacial score (nSPS) is 18.5. The highest BCUT2D eigenvalue weighted by molar-refractivity contribution is 7.13. The molecule has 0 aromatic carbocycles. The third kappa shape index (κ3) is 2.56. The molecule has 2 aromatic heterocycles. The minimum Gasteiger partial charge on any atom is -0.466 e. The molecule has 5 nitrogen and oxygen atoms in total. The van der Waals surface area contributed by atoms with Crippen molar-refractivity contribution in [3.8, 4) is 0 Å². The Hall–Kier alpha value is -1.82. The molecule has 1 fully saturated rings. The predicted octanol–water partition coefficient (Wildman–Crippen LogP) is 2.36. The summed E-state index contributed by atoms with van der Waals surface area (Å²) < 4.78 is 5.40. The van der Waals surface area contributed by atoms with Crippen LogP contribution in [0, 0.1) is 13.8 Å². The van der Waals surface area contributed by atoms with Crippen LogP contribution in [0.5, 0.6) is 0 Å². The van der Waals surface area contributed by atoms with Gasteiger partial charge >= 0.3 is 0 Å². The number of nitrogens with zero attached hydrogens (tertiary/aromatic N) is 2. The van der Waals surface area contributed by atoms with Crippen LogP contribution in [0.15, 0.2) is 22.1 Å². The molecule has 1 aliphatic rings. The third-order valence-electron chi connectivity index (χ3n) is 3.50. The summed E-state index contributed by atoms with van der Waals surface area (Å²) in [7, 11) is 0. The van der Waals surface area contributed by atoms with Gasteiger partial charge in [0.2, 0.25) is 0 Å². The lowest BCUT2D eigenvalue weighted by Gasteiger charge is -2.15. The Bertz CT molecular complexity index is 606. The van der Waals surface area contributed by atoms with Gasteiger partial charge in [-0.1, -0.05) is 0 Å². The Morgan fingerprint density at radius 1 is 1.55 bits per heavy atom. The number of aromatic nitrogens is 1. The maximum absolute atomic E-state index is 12.2. The van der Waals surface area contributed by atoms with Gasteiger partial charge in [0, 0.05) is 30.7 Å². The van der Waals surface area contributed by atoms with Crippen molar-refractivity contribution in [1.29, 1.82) is 0 Å². The Morgan fingerprint density at radius 3 is 3.05 bits per heavy atom. The Morgan fingerprint density at radius 2 is 2.40 bits per heavy atom. The van der Waals surface area contributed by atoms with E-state index in [4.69, 9.17) is 4.42 Å². The van der Waals surface area contributed by atoms with Crippen molar-refractivity contribution in [2.75, 3.05) is 18.0 Å². The smallest absolute Gasteiger partial charge is 0.255 e. The molecule has 3 heterocycles. The maximum atomic E-state index is 12.2. The molecule has 2 aromatic rings. The molecule has 6 heteroatoms. The van der Waals surface area contributed by atoms with Gasteiger partial charge in [0.05, 0.1) is 5.56 Å². The van der Waals surface area contributed by atoms with Crippen LogP contribution in [0.2, 0.25) is 0 Å². The standard InChI is InChI=1S/C14H17N3O2S/c1-9-7-12(10(2)19-9)13(18)16-11-3-5-17(8-11)14-15-4-6-20-14/h4,6-7,11H,3,5,8H2,1-2H3,(H,16,18). The van der Waals surface area contributed by atoms with E-state index in [1.54, 1.807) is 17.4 Å². The Labute approximate surface area is 121 Å². The van der Waals surface area contributed by atoms with Gasteiger partial charge < -0.3 is 14.6 Å². The Kier molecular flexibility index (Phi) is 3.48. The summed E-state index contributed by atoms with van der Waals surface area (Å²) in [6.07, 6.45) is 2.75. The minimum absolute atomic E-state index is 0.0506. The summed E-state index contributed by atoms with van der Waals surface area (Å²) in [6.45, 7) is 5.42. The first kappa shape index (κ1) is 13.2. The average molecular weight is 291 g/mol. The number of rotatable bonds is 3. The zero-order chi connectivity index (χ0) is 14.1. The molecule has 3 rings (SSSR count). The van der Waals surface area contributed by atoms with Gasteiger partial charge in [0.15, 0.2) is 5.13 Å². The third-order valence-corrected chi connectivity index (χ3v) is 4.33. The van der Waals surface area contributed by atoms with Crippen LogP contribution in [0.4, 0.5) is 5.13 Å². The molecule has 1 unspecified atom stereocenters. The summed E-state index contributed by atoms with van der Waals surface area (Å²) >= 11 is 1.63. The SMILES string of the molecule is Cc1cc(C(=O)NC2CCN(c3nccs3)C2)c(C)o1. The van der Waals surface area contributed by atoms with E-state index in [-0.39, 0.29) is 11.9 Å². The lowest BCUT2D eigenvalue weighted by Crippen LogP contribution is -2.37. The van der Waals surface area contributed by atoms with Gasteiger partial charge in [0.1, 0.15) is 11.5 Å². The van der Waals surface area contributed by atoms with Gasteiger partial charge in [-0.2, -0.15) is 0 Å². The molecule has 1 atom stereocenters. The second-order valence-corrected chi connectivity index (χ2v) is 5.92. The fraction of sp³-hybridized carbons (Fsp3) is 0.429. The molecule has 0 aliphatic carbocycles. The van der Waals surface area contributed by atoms with E-state index < -0.39 is 0 Å². The number of nitrogens with one attached hydrogen (secondary N) is 1. The van der Waals surface area contributed by atoms with Crippen LogP contribution < -0.4 is 10.2 Å².